The zero-order valence-corrected chi connectivity index (χ0v) is 32.1. The summed E-state index contributed by atoms with van der Waals surface area (Å²) >= 11 is 0. The highest BCUT2D eigenvalue weighted by atomic mass is 31.2. The van der Waals surface area contributed by atoms with Crippen LogP contribution in [-0.2, 0) is 32.7 Å². The van der Waals surface area contributed by atoms with Crippen molar-refractivity contribution in [2.75, 3.05) is 26.4 Å². The van der Waals surface area contributed by atoms with E-state index >= 15 is 0 Å². The van der Waals surface area contributed by atoms with E-state index in [2.05, 4.69) is 50.3 Å². The molecule has 3 N–H and O–H groups in total. The molecule has 0 aliphatic carbocycles. The molecule has 0 bridgehead atoms. The Kier molecular flexibility index (Phi) is 34.7. The van der Waals surface area contributed by atoms with Gasteiger partial charge in [0, 0.05) is 19.4 Å². The summed E-state index contributed by atoms with van der Waals surface area (Å²) in [6.45, 7) is 3.65. The van der Waals surface area contributed by atoms with E-state index in [-0.39, 0.29) is 32.6 Å². The summed E-state index contributed by atoms with van der Waals surface area (Å²) in [5.74, 6) is -0.873. The van der Waals surface area contributed by atoms with Crippen molar-refractivity contribution in [2.24, 2.45) is 5.73 Å². The molecule has 1 unspecified atom stereocenters. The summed E-state index contributed by atoms with van der Waals surface area (Å²) in [7, 11) is -4.38. The summed E-state index contributed by atoms with van der Waals surface area (Å²) in [6.07, 6.45) is 37.4. The van der Waals surface area contributed by atoms with Gasteiger partial charge in [0.2, 0.25) is 0 Å². The molecule has 0 aromatic rings. The van der Waals surface area contributed by atoms with Crippen LogP contribution in [-0.4, -0.2) is 49.3 Å². The number of rotatable bonds is 36. The van der Waals surface area contributed by atoms with Gasteiger partial charge in [0.25, 0.3) is 0 Å². The normalized spacial score (nSPS) is 13.8. The van der Waals surface area contributed by atoms with Crippen molar-refractivity contribution >= 4 is 19.8 Å². The molecule has 286 valence electrons. The second-order valence-corrected chi connectivity index (χ2v) is 14.3. The summed E-state index contributed by atoms with van der Waals surface area (Å²) in [6, 6.07) is 0. The van der Waals surface area contributed by atoms with Crippen molar-refractivity contribution in [1.82, 2.24) is 0 Å². The number of carbonyl (C=O) groups excluding carboxylic acids is 2. The highest BCUT2D eigenvalue weighted by Crippen LogP contribution is 2.43. The molecule has 0 saturated heterocycles. The molecule has 0 aromatic carbocycles. The lowest BCUT2D eigenvalue weighted by molar-refractivity contribution is -0.161. The van der Waals surface area contributed by atoms with Crippen LogP contribution in [0.1, 0.15) is 168 Å². The number of carbonyl (C=O) groups is 2. The molecule has 10 heteroatoms. The lowest BCUT2D eigenvalue weighted by atomic mass is 10.0. The van der Waals surface area contributed by atoms with Crippen LogP contribution in [0.25, 0.3) is 0 Å². The average Bonchev–Trinajstić information content (AvgIpc) is 3.08. The second-order valence-electron chi connectivity index (χ2n) is 12.8. The van der Waals surface area contributed by atoms with E-state index in [0.29, 0.717) is 12.8 Å². The van der Waals surface area contributed by atoms with Gasteiger partial charge in [0.1, 0.15) is 6.61 Å². The zero-order chi connectivity index (χ0) is 36.1. The van der Waals surface area contributed by atoms with E-state index in [1.54, 1.807) is 0 Å². The molecular weight excluding hydrogens is 641 g/mol. The first-order valence-electron chi connectivity index (χ1n) is 19.5. The van der Waals surface area contributed by atoms with Crippen LogP contribution in [0.15, 0.2) is 36.5 Å². The predicted octanol–water partition coefficient (Wildman–Crippen LogP) is 10.6. The Morgan fingerprint density at radius 3 is 1.61 bits per heavy atom. The van der Waals surface area contributed by atoms with Crippen LogP contribution >= 0.6 is 7.82 Å². The molecule has 0 aliphatic rings. The van der Waals surface area contributed by atoms with Gasteiger partial charge in [-0.25, -0.2) is 4.57 Å². The SMILES string of the molecule is CCCCC/C=C\C/C=C\C/C=C\CCCCC(=O)OC[C@H](COP(=O)(O)OCCN)OC(=O)CCCCCCCCCCCCCCC. The number of phosphoric ester groups is 1. The first-order valence-corrected chi connectivity index (χ1v) is 21.0. The third-order valence-electron chi connectivity index (χ3n) is 8.03. The van der Waals surface area contributed by atoms with Crippen LogP contribution in [0.5, 0.6) is 0 Å². The van der Waals surface area contributed by atoms with Gasteiger partial charge in [-0.05, 0) is 51.4 Å². The fraction of sp³-hybridized carbons (Fsp3) is 0.795. The van der Waals surface area contributed by atoms with Gasteiger partial charge in [-0.15, -0.1) is 0 Å². The Balaban J connectivity index is 4.28. The van der Waals surface area contributed by atoms with Gasteiger partial charge in [-0.2, -0.15) is 0 Å². The molecule has 0 saturated carbocycles. The van der Waals surface area contributed by atoms with Gasteiger partial charge >= 0.3 is 19.8 Å². The molecule has 0 fully saturated rings. The molecule has 0 spiro atoms. The maximum Gasteiger partial charge on any atom is 0.472 e. The largest absolute Gasteiger partial charge is 0.472 e. The molecule has 49 heavy (non-hydrogen) atoms. The van der Waals surface area contributed by atoms with E-state index in [1.807, 2.05) is 0 Å². The second kappa shape index (κ2) is 36.0. The van der Waals surface area contributed by atoms with Gasteiger partial charge in [-0.3, -0.25) is 18.6 Å². The van der Waals surface area contributed by atoms with Crippen LogP contribution in [0.3, 0.4) is 0 Å². The minimum atomic E-state index is -4.38. The number of phosphoric acid groups is 1. The summed E-state index contributed by atoms with van der Waals surface area (Å²) in [5.41, 5.74) is 5.33. The number of allylic oxidation sites excluding steroid dienone is 6. The van der Waals surface area contributed by atoms with Crippen molar-refractivity contribution < 1.29 is 37.6 Å². The van der Waals surface area contributed by atoms with Crippen molar-refractivity contribution in [1.29, 1.82) is 0 Å². The topological polar surface area (TPSA) is 134 Å². The van der Waals surface area contributed by atoms with Gasteiger partial charge in [0.15, 0.2) is 6.10 Å². The molecule has 0 aromatic heterocycles. The summed E-state index contributed by atoms with van der Waals surface area (Å²) in [4.78, 5) is 34.7. The van der Waals surface area contributed by atoms with Crippen LogP contribution < -0.4 is 5.73 Å². The Morgan fingerprint density at radius 1 is 0.612 bits per heavy atom. The van der Waals surface area contributed by atoms with Crippen LogP contribution in [0.4, 0.5) is 0 Å². The smallest absolute Gasteiger partial charge is 0.462 e. The number of nitrogens with two attached hydrogens (primary N) is 1. The predicted molar refractivity (Wildman–Crippen MR) is 201 cm³/mol. The fourth-order valence-corrected chi connectivity index (χ4v) is 5.88. The Hall–Kier alpha value is -1.77. The van der Waals surface area contributed by atoms with Gasteiger partial charge in [-0.1, -0.05) is 140 Å². The van der Waals surface area contributed by atoms with E-state index in [1.165, 1.54) is 77.0 Å². The Labute approximate surface area is 299 Å². The minimum Gasteiger partial charge on any atom is -0.462 e. The number of unbranched alkanes of at least 4 members (excludes halogenated alkanes) is 17. The maximum absolute atomic E-state index is 12.5. The van der Waals surface area contributed by atoms with Crippen LogP contribution in [0, 0.1) is 0 Å². The minimum absolute atomic E-state index is 0.0486. The Morgan fingerprint density at radius 2 is 1.06 bits per heavy atom. The molecule has 0 heterocycles. The quantitative estimate of drug-likeness (QED) is 0.0281. The fourth-order valence-electron chi connectivity index (χ4n) is 5.11. The molecule has 2 atom stereocenters. The molecule has 9 nitrogen and oxygen atoms in total. The zero-order valence-electron chi connectivity index (χ0n) is 31.2. The monoisotopic (exact) mass is 713 g/mol. The van der Waals surface area contributed by atoms with E-state index < -0.39 is 32.5 Å². The number of hydrogen-bond donors (Lipinski definition) is 2. The molecule has 0 rings (SSSR count). The summed E-state index contributed by atoms with van der Waals surface area (Å²) < 4.78 is 32.6. The molecular formula is C39H72NO8P. The molecule has 0 radical (unpaired) electrons. The third kappa shape index (κ3) is 35.8. The third-order valence-corrected chi connectivity index (χ3v) is 9.01. The maximum atomic E-state index is 12.5. The number of esters is 2. The number of ether oxygens (including phenoxy) is 2. The first kappa shape index (κ1) is 47.2. The standard InChI is InChI=1S/C39H72NO8P/c1-3-5-7-9-11-13-15-17-18-20-21-23-25-27-29-31-38(41)45-35-37(36-47-49(43,44)46-34-33-40)48-39(42)32-30-28-26-24-22-19-16-14-12-10-8-6-4-2/h11,13,17-18,21,23,37H,3-10,12,14-16,19-20,22,24-36,40H2,1-2H3,(H,43,44)/b13-11-,18-17-,23-21-/t37-/m1/s1. The van der Waals surface area contributed by atoms with Crippen molar-refractivity contribution in [3.8, 4) is 0 Å². The van der Waals surface area contributed by atoms with Crippen LogP contribution in [0.2, 0.25) is 0 Å². The first-order chi connectivity index (χ1) is 23.8. The van der Waals surface area contributed by atoms with Crippen molar-refractivity contribution in [2.45, 2.75) is 174 Å². The lowest BCUT2D eigenvalue weighted by Crippen LogP contribution is -2.29. The van der Waals surface area contributed by atoms with E-state index in [9.17, 15) is 19.0 Å². The summed E-state index contributed by atoms with van der Waals surface area (Å²) in [5, 5.41) is 0. The van der Waals surface area contributed by atoms with E-state index in [0.717, 1.165) is 51.4 Å². The highest BCUT2D eigenvalue weighted by molar-refractivity contribution is 7.47. The van der Waals surface area contributed by atoms with Crippen molar-refractivity contribution in [3.05, 3.63) is 36.5 Å². The van der Waals surface area contributed by atoms with Gasteiger partial charge < -0.3 is 20.1 Å². The average molecular weight is 714 g/mol. The Bertz CT molecular complexity index is 907. The molecule has 0 aliphatic heterocycles. The lowest BCUT2D eigenvalue weighted by Gasteiger charge is -2.19. The number of hydrogen-bond acceptors (Lipinski definition) is 8. The van der Waals surface area contributed by atoms with Gasteiger partial charge in [0.05, 0.1) is 13.2 Å². The molecule has 0 amide bonds. The highest BCUT2D eigenvalue weighted by Gasteiger charge is 2.25. The van der Waals surface area contributed by atoms with Crippen molar-refractivity contribution in [3.63, 3.8) is 0 Å². The van der Waals surface area contributed by atoms with E-state index in [4.69, 9.17) is 24.3 Å².